The Kier molecular flexibility index (Phi) is 2.29. The summed E-state index contributed by atoms with van der Waals surface area (Å²) in [7, 11) is 0. The van der Waals surface area contributed by atoms with Gasteiger partial charge in [-0.25, -0.2) is 9.97 Å². The quantitative estimate of drug-likeness (QED) is 0.680. The molecule has 0 radical (unpaired) electrons. The zero-order chi connectivity index (χ0) is 11.1. The predicted molar refractivity (Wildman–Crippen MR) is 67.6 cm³/mol. The van der Waals surface area contributed by atoms with E-state index in [-0.39, 0.29) is 0 Å². The molecule has 80 valence electrons. The number of thiazole rings is 1. The van der Waals surface area contributed by atoms with Crippen molar-refractivity contribution in [3.05, 3.63) is 34.1 Å². The van der Waals surface area contributed by atoms with E-state index in [4.69, 9.17) is 4.42 Å². The van der Waals surface area contributed by atoms with Crippen molar-refractivity contribution in [1.82, 2.24) is 9.97 Å². The summed E-state index contributed by atoms with van der Waals surface area (Å²) >= 11 is 5.10. The van der Waals surface area contributed by atoms with Gasteiger partial charge in [0.2, 0.25) is 0 Å². The minimum Gasteiger partial charge on any atom is -0.443 e. The highest BCUT2D eigenvalue weighted by molar-refractivity contribution is 9.11. The number of nitrogens with zero attached hydrogens (tertiary/aromatic N) is 2. The van der Waals surface area contributed by atoms with Crippen LogP contribution in [0.3, 0.4) is 0 Å². The van der Waals surface area contributed by atoms with E-state index in [1.807, 2.05) is 25.1 Å². The summed E-state index contributed by atoms with van der Waals surface area (Å²) in [6.45, 7) is 1.98. The number of hydrogen-bond donors (Lipinski definition) is 0. The average Bonchev–Trinajstić information content (AvgIpc) is 2.85. The van der Waals surface area contributed by atoms with Gasteiger partial charge in [-0.1, -0.05) is 0 Å². The second kappa shape index (κ2) is 3.68. The van der Waals surface area contributed by atoms with Gasteiger partial charge in [-0.15, -0.1) is 11.3 Å². The molecule has 0 unspecified atom stereocenters. The zero-order valence-electron chi connectivity index (χ0n) is 8.40. The van der Waals surface area contributed by atoms with Gasteiger partial charge in [-0.05, 0) is 41.1 Å². The van der Waals surface area contributed by atoms with Gasteiger partial charge in [-0.2, -0.15) is 0 Å². The smallest absolute Gasteiger partial charge is 0.181 e. The van der Waals surface area contributed by atoms with Crippen LogP contribution in [0.4, 0.5) is 0 Å². The lowest BCUT2D eigenvalue weighted by atomic mass is 10.2. The maximum atomic E-state index is 5.27. The third-order valence-electron chi connectivity index (χ3n) is 2.32. The van der Waals surface area contributed by atoms with Gasteiger partial charge >= 0.3 is 0 Å². The SMILES string of the molecule is Cc1nc(-c2ccc3ncoc3c2)sc1Br. The van der Waals surface area contributed by atoms with Crippen LogP contribution in [0.25, 0.3) is 21.7 Å². The molecule has 3 nitrogen and oxygen atoms in total. The second-order valence-electron chi connectivity index (χ2n) is 3.41. The molecule has 3 rings (SSSR count). The molecule has 0 fully saturated rings. The summed E-state index contributed by atoms with van der Waals surface area (Å²) in [6.07, 6.45) is 1.46. The lowest BCUT2D eigenvalue weighted by molar-refractivity contribution is 0.602. The topological polar surface area (TPSA) is 38.9 Å². The van der Waals surface area contributed by atoms with Gasteiger partial charge in [-0.3, -0.25) is 0 Å². The number of benzene rings is 1. The molecule has 0 N–H and O–H groups in total. The van der Waals surface area contributed by atoms with E-state index >= 15 is 0 Å². The van der Waals surface area contributed by atoms with E-state index < -0.39 is 0 Å². The van der Waals surface area contributed by atoms with Crippen LogP contribution >= 0.6 is 27.3 Å². The van der Waals surface area contributed by atoms with E-state index in [1.165, 1.54) is 6.39 Å². The summed E-state index contributed by atoms with van der Waals surface area (Å²) < 4.78 is 6.34. The fourth-order valence-corrected chi connectivity index (χ4v) is 2.83. The van der Waals surface area contributed by atoms with Gasteiger partial charge in [0.25, 0.3) is 0 Å². The molecule has 2 aromatic heterocycles. The van der Waals surface area contributed by atoms with Crippen LogP contribution in [0.1, 0.15) is 5.69 Å². The first-order valence-corrected chi connectivity index (χ1v) is 6.31. The second-order valence-corrected chi connectivity index (χ2v) is 5.73. The monoisotopic (exact) mass is 294 g/mol. The Hall–Kier alpha value is -1.20. The molecule has 16 heavy (non-hydrogen) atoms. The average molecular weight is 295 g/mol. The molecule has 2 heterocycles. The normalized spacial score (nSPS) is 11.1. The van der Waals surface area contributed by atoms with E-state index in [0.717, 1.165) is 31.2 Å². The summed E-state index contributed by atoms with van der Waals surface area (Å²) in [5.74, 6) is 0. The highest BCUT2D eigenvalue weighted by atomic mass is 79.9. The maximum absolute atomic E-state index is 5.27. The van der Waals surface area contributed by atoms with Crippen molar-refractivity contribution in [2.75, 3.05) is 0 Å². The van der Waals surface area contributed by atoms with Crippen molar-refractivity contribution in [3.8, 4) is 10.6 Å². The number of hydrogen-bond acceptors (Lipinski definition) is 4. The molecular formula is C11H7BrN2OS. The molecule has 0 saturated heterocycles. The van der Waals surface area contributed by atoms with Crippen molar-refractivity contribution < 1.29 is 4.42 Å². The number of halogens is 1. The first-order valence-electron chi connectivity index (χ1n) is 4.70. The van der Waals surface area contributed by atoms with Crippen molar-refractivity contribution >= 4 is 38.4 Å². The van der Waals surface area contributed by atoms with E-state index in [1.54, 1.807) is 11.3 Å². The van der Waals surface area contributed by atoms with Gasteiger partial charge in [0.15, 0.2) is 12.0 Å². The summed E-state index contributed by atoms with van der Waals surface area (Å²) in [4.78, 5) is 8.56. The minimum atomic E-state index is 0.793. The standard InChI is InChI=1S/C11H7BrN2OS/c1-6-10(12)16-11(14-6)7-2-3-8-9(4-7)15-5-13-8/h2-5H,1H3. The van der Waals surface area contributed by atoms with Crippen molar-refractivity contribution in [2.24, 2.45) is 0 Å². The minimum absolute atomic E-state index is 0.793. The van der Waals surface area contributed by atoms with Crippen LogP contribution in [0.15, 0.2) is 32.8 Å². The summed E-state index contributed by atoms with van der Waals surface area (Å²) in [5, 5.41) is 0.989. The number of oxazole rings is 1. The Labute approximate surface area is 104 Å². The third-order valence-corrected chi connectivity index (χ3v) is 4.37. The number of aryl methyl sites for hydroxylation is 1. The maximum Gasteiger partial charge on any atom is 0.181 e. The molecule has 0 aliphatic carbocycles. The molecule has 5 heteroatoms. The van der Waals surface area contributed by atoms with Gasteiger partial charge in [0, 0.05) is 5.56 Å². The van der Waals surface area contributed by atoms with E-state index in [0.29, 0.717) is 0 Å². The summed E-state index contributed by atoms with van der Waals surface area (Å²) in [6, 6.07) is 5.92. The molecule has 0 atom stereocenters. The van der Waals surface area contributed by atoms with Crippen LogP contribution in [-0.2, 0) is 0 Å². The van der Waals surface area contributed by atoms with Crippen LogP contribution in [0.5, 0.6) is 0 Å². The predicted octanol–water partition coefficient (Wildman–Crippen LogP) is 4.02. The lowest BCUT2D eigenvalue weighted by Gasteiger charge is -1.94. The lowest BCUT2D eigenvalue weighted by Crippen LogP contribution is -1.77. The Morgan fingerprint density at radius 1 is 1.38 bits per heavy atom. The molecule has 0 saturated carbocycles. The van der Waals surface area contributed by atoms with Gasteiger partial charge < -0.3 is 4.42 Å². The number of aromatic nitrogens is 2. The Morgan fingerprint density at radius 3 is 3.00 bits per heavy atom. The number of fused-ring (bicyclic) bond motifs is 1. The molecule has 0 spiro atoms. The van der Waals surface area contributed by atoms with Crippen LogP contribution in [0, 0.1) is 6.92 Å². The molecule has 1 aromatic carbocycles. The molecule has 0 bridgehead atoms. The highest BCUT2D eigenvalue weighted by Gasteiger charge is 2.08. The number of rotatable bonds is 1. The van der Waals surface area contributed by atoms with Crippen molar-refractivity contribution in [2.45, 2.75) is 6.92 Å². The Morgan fingerprint density at radius 2 is 2.25 bits per heavy atom. The molecular weight excluding hydrogens is 288 g/mol. The molecule has 0 amide bonds. The van der Waals surface area contributed by atoms with Crippen molar-refractivity contribution in [3.63, 3.8) is 0 Å². The third kappa shape index (κ3) is 1.56. The highest BCUT2D eigenvalue weighted by Crippen LogP contribution is 2.32. The fraction of sp³-hybridized carbons (Fsp3) is 0.0909. The van der Waals surface area contributed by atoms with E-state index in [2.05, 4.69) is 25.9 Å². The first kappa shape index (κ1) is 9.99. The zero-order valence-corrected chi connectivity index (χ0v) is 10.8. The Bertz CT molecular complexity index is 639. The summed E-state index contributed by atoms with van der Waals surface area (Å²) in [5.41, 5.74) is 3.73. The van der Waals surface area contributed by atoms with Crippen LogP contribution in [0.2, 0.25) is 0 Å². The Balaban J connectivity index is 2.17. The van der Waals surface area contributed by atoms with Crippen LogP contribution in [-0.4, -0.2) is 9.97 Å². The largest absolute Gasteiger partial charge is 0.443 e. The first-order chi connectivity index (χ1) is 7.74. The van der Waals surface area contributed by atoms with Crippen LogP contribution < -0.4 is 0 Å². The van der Waals surface area contributed by atoms with Gasteiger partial charge in [0.05, 0.1) is 9.48 Å². The molecule has 0 aliphatic heterocycles. The van der Waals surface area contributed by atoms with Gasteiger partial charge in [0.1, 0.15) is 10.5 Å². The van der Waals surface area contributed by atoms with Crippen molar-refractivity contribution in [1.29, 1.82) is 0 Å². The molecule has 3 aromatic rings. The van der Waals surface area contributed by atoms with E-state index in [9.17, 15) is 0 Å². The molecule has 0 aliphatic rings. The fourth-order valence-electron chi connectivity index (χ4n) is 1.49.